The van der Waals surface area contributed by atoms with E-state index >= 15 is 0 Å². The first kappa shape index (κ1) is 23.9. The fourth-order valence-corrected chi connectivity index (χ4v) is 5.17. The summed E-state index contributed by atoms with van der Waals surface area (Å²) in [6.07, 6.45) is 5.61. The number of thioether (sulfide) groups is 1. The van der Waals surface area contributed by atoms with E-state index in [0.717, 1.165) is 44.8 Å². The van der Waals surface area contributed by atoms with E-state index in [1.54, 1.807) is 40.5 Å². The Labute approximate surface area is 191 Å². The van der Waals surface area contributed by atoms with E-state index < -0.39 is 0 Å². The van der Waals surface area contributed by atoms with Gasteiger partial charge in [-0.3, -0.25) is 9.69 Å². The number of likely N-dealkylation sites (N-methyl/N-ethyl adjacent to an activating group) is 1. The molecule has 0 atom stereocenters. The minimum absolute atomic E-state index is 0. The Kier molecular flexibility index (Phi) is 9.65. The lowest BCUT2D eigenvalue weighted by atomic mass is 10.3. The van der Waals surface area contributed by atoms with Gasteiger partial charge in [0.05, 0.1) is 10.2 Å². The van der Waals surface area contributed by atoms with Crippen LogP contribution in [0.3, 0.4) is 0 Å². The summed E-state index contributed by atoms with van der Waals surface area (Å²) in [6.45, 7) is 7.70. The third-order valence-electron chi connectivity index (χ3n) is 4.56. The molecular weight excluding hydrogens is 442 g/mol. The Hall–Kier alpha value is -1.38. The van der Waals surface area contributed by atoms with Crippen molar-refractivity contribution >= 4 is 74.2 Å². The van der Waals surface area contributed by atoms with Gasteiger partial charge < -0.3 is 4.90 Å². The van der Waals surface area contributed by atoms with E-state index in [4.69, 9.17) is 4.98 Å². The molecule has 0 saturated carbocycles. The standard InChI is InChI=1S/C21H25N3OS3.ClH/c1-4-23(5-2)13-14-24(19(25)12-11-16-8-7-15-27-16)21-22-20-17(26-3)9-6-10-18(20)28-21;/h6-12,15H,4-5,13-14H2,1-3H3;1H. The van der Waals surface area contributed by atoms with Crippen LogP contribution >= 0.6 is 46.8 Å². The number of amides is 1. The number of thiazole rings is 1. The summed E-state index contributed by atoms with van der Waals surface area (Å²) < 4.78 is 1.12. The van der Waals surface area contributed by atoms with Crippen molar-refractivity contribution in [1.82, 2.24) is 9.88 Å². The van der Waals surface area contributed by atoms with Gasteiger partial charge >= 0.3 is 0 Å². The number of rotatable bonds is 9. The van der Waals surface area contributed by atoms with Gasteiger partial charge in [-0.25, -0.2) is 4.98 Å². The fourth-order valence-electron chi connectivity index (χ4n) is 2.90. The molecular formula is C21H26ClN3OS3. The molecule has 1 amide bonds. The first-order valence-electron chi connectivity index (χ1n) is 9.35. The maximum Gasteiger partial charge on any atom is 0.252 e. The van der Waals surface area contributed by atoms with Crippen LogP contribution in [0.1, 0.15) is 18.7 Å². The fraction of sp³-hybridized carbons (Fsp3) is 0.333. The van der Waals surface area contributed by atoms with E-state index in [1.807, 2.05) is 28.5 Å². The van der Waals surface area contributed by atoms with Crippen molar-refractivity contribution < 1.29 is 4.79 Å². The smallest absolute Gasteiger partial charge is 0.252 e. The minimum Gasteiger partial charge on any atom is -0.302 e. The van der Waals surface area contributed by atoms with E-state index in [9.17, 15) is 4.79 Å². The molecule has 3 aromatic rings. The van der Waals surface area contributed by atoms with E-state index in [2.05, 4.69) is 43.2 Å². The molecule has 1 aromatic carbocycles. The Balaban J connectivity index is 0.00000300. The molecule has 156 valence electrons. The van der Waals surface area contributed by atoms with Gasteiger partial charge in [0, 0.05) is 28.9 Å². The number of benzene rings is 1. The molecule has 29 heavy (non-hydrogen) atoms. The number of anilines is 1. The average molecular weight is 468 g/mol. The number of hydrogen-bond donors (Lipinski definition) is 0. The molecule has 0 aliphatic carbocycles. The summed E-state index contributed by atoms with van der Waals surface area (Å²) in [5.74, 6) is -0.0229. The van der Waals surface area contributed by atoms with Gasteiger partial charge in [0.1, 0.15) is 0 Å². The highest BCUT2D eigenvalue weighted by molar-refractivity contribution is 7.98. The summed E-state index contributed by atoms with van der Waals surface area (Å²) in [5.41, 5.74) is 0.984. The van der Waals surface area contributed by atoms with Crippen LogP contribution in [0, 0.1) is 0 Å². The van der Waals surface area contributed by atoms with Crippen LogP contribution in [-0.4, -0.2) is 48.2 Å². The van der Waals surface area contributed by atoms with E-state index in [0.29, 0.717) is 6.54 Å². The molecule has 0 aliphatic rings. The molecule has 0 aliphatic heterocycles. The third kappa shape index (κ3) is 6.06. The van der Waals surface area contributed by atoms with Gasteiger partial charge in [0.15, 0.2) is 5.13 Å². The van der Waals surface area contributed by atoms with Crippen LogP contribution in [-0.2, 0) is 4.79 Å². The van der Waals surface area contributed by atoms with E-state index in [-0.39, 0.29) is 18.3 Å². The van der Waals surface area contributed by atoms with Crippen molar-refractivity contribution in [3.8, 4) is 0 Å². The summed E-state index contributed by atoms with van der Waals surface area (Å²) in [6, 6.07) is 10.2. The molecule has 0 saturated heterocycles. The minimum atomic E-state index is -0.0229. The summed E-state index contributed by atoms with van der Waals surface area (Å²) in [4.78, 5) is 24.2. The number of nitrogens with zero attached hydrogens (tertiary/aromatic N) is 3. The maximum atomic E-state index is 13.0. The zero-order valence-corrected chi connectivity index (χ0v) is 20.1. The Morgan fingerprint density at radius 2 is 1.97 bits per heavy atom. The van der Waals surface area contributed by atoms with Crippen molar-refractivity contribution in [2.24, 2.45) is 0 Å². The predicted molar refractivity (Wildman–Crippen MR) is 132 cm³/mol. The van der Waals surface area contributed by atoms with Crippen LogP contribution in [0.25, 0.3) is 16.3 Å². The first-order chi connectivity index (χ1) is 13.7. The Bertz CT molecular complexity index is 936. The molecule has 0 radical (unpaired) electrons. The Morgan fingerprint density at radius 3 is 2.62 bits per heavy atom. The SMILES string of the molecule is CCN(CC)CCN(C(=O)C=Cc1cccs1)c1nc2c(SC)cccc2s1.Cl. The molecule has 3 rings (SSSR count). The van der Waals surface area contributed by atoms with Gasteiger partial charge in [-0.1, -0.05) is 37.3 Å². The second-order valence-electron chi connectivity index (χ2n) is 6.17. The number of aromatic nitrogens is 1. The van der Waals surface area contributed by atoms with Crippen molar-refractivity contribution in [2.45, 2.75) is 18.7 Å². The topological polar surface area (TPSA) is 36.4 Å². The predicted octanol–water partition coefficient (Wildman–Crippen LogP) is 5.89. The lowest BCUT2D eigenvalue weighted by Gasteiger charge is -2.23. The molecule has 0 fully saturated rings. The third-order valence-corrected chi connectivity index (χ3v) is 7.21. The largest absolute Gasteiger partial charge is 0.302 e. The molecule has 2 aromatic heterocycles. The monoisotopic (exact) mass is 467 g/mol. The number of hydrogen-bond acceptors (Lipinski definition) is 6. The zero-order valence-electron chi connectivity index (χ0n) is 16.8. The van der Waals surface area contributed by atoms with Crippen molar-refractivity contribution in [2.75, 3.05) is 37.3 Å². The molecule has 0 unspecified atom stereocenters. The normalized spacial score (nSPS) is 11.3. The Morgan fingerprint density at radius 1 is 1.17 bits per heavy atom. The average Bonchev–Trinajstić information content (AvgIpc) is 3.38. The number of halogens is 1. The van der Waals surface area contributed by atoms with Crippen molar-refractivity contribution in [3.05, 3.63) is 46.7 Å². The zero-order chi connectivity index (χ0) is 19.9. The highest BCUT2D eigenvalue weighted by Crippen LogP contribution is 2.34. The molecule has 0 spiro atoms. The highest BCUT2D eigenvalue weighted by Gasteiger charge is 2.19. The molecule has 0 N–H and O–H groups in total. The lowest BCUT2D eigenvalue weighted by molar-refractivity contribution is -0.114. The second-order valence-corrected chi connectivity index (χ2v) is 9.01. The van der Waals surface area contributed by atoms with Gasteiger partial charge in [-0.2, -0.15) is 0 Å². The van der Waals surface area contributed by atoms with Crippen molar-refractivity contribution in [3.63, 3.8) is 0 Å². The number of para-hydroxylation sites is 1. The quantitative estimate of drug-likeness (QED) is 0.290. The van der Waals surface area contributed by atoms with Crippen LogP contribution in [0.2, 0.25) is 0 Å². The molecule has 4 nitrogen and oxygen atoms in total. The summed E-state index contributed by atoms with van der Waals surface area (Å²) in [7, 11) is 0. The van der Waals surface area contributed by atoms with Crippen LogP contribution in [0.15, 0.2) is 46.7 Å². The van der Waals surface area contributed by atoms with Crippen molar-refractivity contribution in [1.29, 1.82) is 0 Å². The van der Waals surface area contributed by atoms with Gasteiger partial charge in [-0.05, 0) is 49.0 Å². The van der Waals surface area contributed by atoms with Crippen LogP contribution in [0.5, 0.6) is 0 Å². The van der Waals surface area contributed by atoms with Crippen LogP contribution < -0.4 is 4.90 Å². The number of carbonyl (C=O) groups is 1. The van der Waals surface area contributed by atoms with Crippen LogP contribution in [0.4, 0.5) is 5.13 Å². The second kappa shape index (κ2) is 11.7. The summed E-state index contributed by atoms with van der Waals surface area (Å²) in [5, 5.41) is 2.78. The maximum absolute atomic E-state index is 13.0. The van der Waals surface area contributed by atoms with E-state index in [1.165, 1.54) is 0 Å². The molecule has 0 bridgehead atoms. The number of fused-ring (bicyclic) bond motifs is 1. The van der Waals surface area contributed by atoms with Gasteiger partial charge in [0.25, 0.3) is 5.91 Å². The number of carbonyl (C=O) groups excluding carboxylic acids is 1. The van der Waals surface area contributed by atoms with Gasteiger partial charge in [0.2, 0.25) is 0 Å². The molecule has 2 heterocycles. The lowest BCUT2D eigenvalue weighted by Crippen LogP contribution is -2.38. The number of thiophene rings is 1. The first-order valence-corrected chi connectivity index (χ1v) is 12.3. The molecule has 8 heteroatoms. The van der Waals surface area contributed by atoms with Gasteiger partial charge in [-0.15, -0.1) is 35.5 Å². The summed E-state index contributed by atoms with van der Waals surface area (Å²) >= 11 is 4.90. The highest BCUT2D eigenvalue weighted by atomic mass is 35.5.